The van der Waals surface area contributed by atoms with Gasteiger partial charge in [0.05, 0.1) is 18.1 Å². The maximum absolute atomic E-state index is 8.91. The predicted molar refractivity (Wildman–Crippen MR) is 68.7 cm³/mol. The van der Waals surface area contributed by atoms with Crippen LogP contribution < -0.4 is 10.1 Å². The molecule has 1 aromatic carbocycles. The van der Waals surface area contributed by atoms with Crippen LogP contribution in [0.15, 0.2) is 24.3 Å². The van der Waals surface area contributed by atoms with E-state index in [1.807, 2.05) is 45.2 Å². The van der Waals surface area contributed by atoms with E-state index in [4.69, 9.17) is 10.00 Å². The molecular weight excluding hydrogens is 212 g/mol. The number of nitrogens with zero attached hydrogens (tertiary/aromatic N) is 1. The summed E-state index contributed by atoms with van der Waals surface area (Å²) >= 11 is 0. The summed E-state index contributed by atoms with van der Waals surface area (Å²) in [5.74, 6) is 0.899. The van der Waals surface area contributed by atoms with Crippen molar-refractivity contribution in [2.24, 2.45) is 5.41 Å². The lowest BCUT2D eigenvalue weighted by Gasteiger charge is -2.16. The van der Waals surface area contributed by atoms with Gasteiger partial charge in [0.2, 0.25) is 0 Å². The van der Waals surface area contributed by atoms with Crippen LogP contribution in [0.1, 0.15) is 25.8 Å². The fraction of sp³-hybridized carbons (Fsp3) is 0.500. The van der Waals surface area contributed by atoms with E-state index in [0.717, 1.165) is 24.3 Å². The molecule has 1 aromatic rings. The summed E-state index contributed by atoms with van der Waals surface area (Å²) in [5, 5.41) is 12.0. The Hall–Kier alpha value is -1.53. The molecule has 0 aromatic heterocycles. The third kappa shape index (κ3) is 4.46. The number of hydrogen-bond acceptors (Lipinski definition) is 3. The van der Waals surface area contributed by atoms with Gasteiger partial charge in [-0.15, -0.1) is 0 Å². The van der Waals surface area contributed by atoms with Crippen molar-refractivity contribution < 1.29 is 4.74 Å². The minimum atomic E-state index is -0.321. The van der Waals surface area contributed by atoms with Gasteiger partial charge in [0.15, 0.2) is 0 Å². The van der Waals surface area contributed by atoms with Crippen molar-refractivity contribution in [3.05, 3.63) is 29.8 Å². The molecule has 0 spiro atoms. The fourth-order valence-electron chi connectivity index (χ4n) is 1.45. The number of para-hydroxylation sites is 1. The fourth-order valence-corrected chi connectivity index (χ4v) is 1.45. The van der Waals surface area contributed by atoms with E-state index in [1.54, 1.807) is 0 Å². The summed E-state index contributed by atoms with van der Waals surface area (Å²) in [5.41, 5.74) is 0.822. The lowest BCUT2D eigenvalue weighted by Crippen LogP contribution is -2.14. The Morgan fingerprint density at radius 3 is 2.71 bits per heavy atom. The number of hydrogen-bond donors (Lipinski definition) is 1. The van der Waals surface area contributed by atoms with Crippen LogP contribution in [-0.2, 0) is 6.54 Å². The SMILES string of the molecule is CNCc1ccccc1OCCC(C)(C)C#N. The van der Waals surface area contributed by atoms with Crippen molar-refractivity contribution in [2.75, 3.05) is 13.7 Å². The molecule has 0 fully saturated rings. The number of benzene rings is 1. The lowest BCUT2D eigenvalue weighted by atomic mass is 9.92. The molecule has 0 heterocycles. The van der Waals surface area contributed by atoms with Crippen molar-refractivity contribution in [2.45, 2.75) is 26.8 Å². The van der Waals surface area contributed by atoms with Gasteiger partial charge in [0.25, 0.3) is 0 Å². The predicted octanol–water partition coefficient (Wildman–Crippen LogP) is 2.72. The lowest BCUT2D eigenvalue weighted by molar-refractivity contribution is 0.262. The van der Waals surface area contributed by atoms with E-state index in [0.29, 0.717) is 6.61 Å². The van der Waals surface area contributed by atoms with Crippen molar-refractivity contribution in [3.63, 3.8) is 0 Å². The second kappa shape index (κ2) is 6.27. The molecule has 0 radical (unpaired) electrons. The maximum atomic E-state index is 8.91. The zero-order valence-electron chi connectivity index (χ0n) is 10.8. The van der Waals surface area contributed by atoms with Crippen LogP contribution in [0.25, 0.3) is 0 Å². The monoisotopic (exact) mass is 232 g/mol. The van der Waals surface area contributed by atoms with Crippen LogP contribution in [-0.4, -0.2) is 13.7 Å². The largest absolute Gasteiger partial charge is 0.493 e. The molecular formula is C14H20N2O. The Balaban J connectivity index is 2.55. The first-order valence-electron chi connectivity index (χ1n) is 5.85. The summed E-state index contributed by atoms with van der Waals surface area (Å²) in [4.78, 5) is 0. The normalized spacial score (nSPS) is 10.9. The molecule has 0 aliphatic carbocycles. The number of rotatable bonds is 6. The molecule has 0 amide bonds. The molecule has 92 valence electrons. The first kappa shape index (κ1) is 13.5. The van der Waals surface area contributed by atoms with E-state index >= 15 is 0 Å². The van der Waals surface area contributed by atoms with Crippen LogP contribution in [0, 0.1) is 16.7 Å². The molecule has 1 N–H and O–H groups in total. The molecule has 0 unspecified atom stereocenters. The minimum Gasteiger partial charge on any atom is -0.493 e. The molecule has 17 heavy (non-hydrogen) atoms. The minimum absolute atomic E-state index is 0.321. The van der Waals surface area contributed by atoms with E-state index in [1.165, 1.54) is 0 Å². The quantitative estimate of drug-likeness (QED) is 0.820. The summed E-state index contributed by atoms with van der Waals surface area (Å²) in [7, 11) is 1.91. The molecule has 3 heteroatoms. The van der Waals surface area contributed by atoms with Gasteiger partial charge in [-0.25, -0.2) is 0 Å². The van der Waals surface area contributed by atoms with Crippen molar-refractivity contribution in [1.29, 1.82) is 5.26 Å². The average Bonchev–Trinajstić information content (AvgIpc) is 2.31. The number of ether oxygens (including phenoxy) is 1. The Bertz CT molecular complexity index is 393. The third-order valence-corrected chi connectivity index (χ3v) is 2.63. The Kier molecular flexibility index (Phi) is 4.99. The first-order chi connectivity index (χ1) is 8.09. The van der Waals surface area contributed by atoms with Crippen molar-refractivity contribution in [3.8, 4) is 11.8 Å². The van der Waals surface area contributed by atoms with Gasteiger partial charge < -0.3 is 10.1 Å². The number of nitriles is 1. The average molecular weight is 232 g/mol. The van der Waals surface area contributed by atoms with Crippen LogP contribution >= 0.6 is 0 Å². The molecule has 0 aliphatic heterocycles. The molecule has 0 saturated carbocycles. The second-order valence-corrected chi connectivity index (χ2v) is 4.73. The van der Waals surface area contributed by atoms with Gasteiger partial charge >= 0.3 is 0 Å². The molecule has 0 bridgehead atoms. The Morgan fingerprint density at radius 1 is 1.35 bits per heavy atom. The van der Waals surface area contributed by atoms with Crippen LogP contribution in [0.2, 0.25) is 0 Å². The summed E-state index contributed by atoms with van der Waals surface area (Å²) in [6.07, 6.45) is 0.734. The van der Waals surface area contributed by atoms with Gasteiger partial charge in [-0.3, -0.25) is 0 Å². The Labute approximate surface area is 103 Å². The molecule has 1 rings (SSSR count). The van der Waals surface area contributed by atoms with Gasteiger partial charge in [0.1, 0.15) is 5.75 Å². The van der Waals surface area contributed by atoms with Crippen molar-refractivity contribution >= 4 is 0 Å². The summed E-state index contributed by atoms with van der Waals surface area (Å²) < 4.78 is 5.74. The highest BCUT2D eigenvalue weighted by atomic mass is 16.5. The van der Waals surface area contributed by atoms with E-state index in [2.05, 4.69) is 11.4 Å². The highest BCUT2D eigenvalue weighted by Gasteiger charge is 2.16. The van der Waals surface area contributed by atoms with Gasteiger partial charge in [-0.2, -0.15) is 5.26 Å². The van der Waals surface area contributed by atoms with Crippen LogP contribution in [0.4, 0.5) is 0 Å². The summed E-state index contributed by atoms with van der Waals surface area (Å²) in [6, 6.07) is 10.2. The highest BCUT2D eigenvalue weighted by Crippen LogP contribution is 2.21. The third-order valence-electron chi connectivity index (χ3n) is 2.63. The van der Waals surface area contributed by atoms with E-state index in [-0.39, 0.29) is 5.41 Å². The molecule has 3 nitrogen and oxygen atoms in total. The zero-order chi connectivity index (χ0) is 12.7. The Morgan fingerprint density at radius 2 is 2.06 bits per heavy atom. The van der Waals surface area contributed by atoms with Crippen LogP contribution in [0.3, 0.4) is 0 Å². The number of nitrogens with one attached hydrogen (secondary N) is 1. The van der Waals surface area contributed by atoms with Gasteiger partial charge in [-0.05, 0) is 33.4 Å². The highest BCUT2D eigenvalue weighted by molar-refractivity contribution is 5.33. The maximum Gasteiger partial charge on any atom is 0.123 e. The van der Waals surface area contributed by atoms with Gasteiger partial charge in [-0.1, -0.05) is 18.2 Å². The topological polar surface area (TPSA) is 45.0 Å². The first-order valence-corrected chi connectivity index (χ1v) is 5.85. The summed E-state index contributed by atoms with van der Waals surface area (Å²) in [6.45, 7) is 5.21. The second-order valence-electron chi connectivity index (χ2n) is 4.73. The van der Waals surface area contributed by atoms with E-state index < -0.39 is 0 Å². The smallest absolute Gasteiger partial charge is 0.123 e. The van der Waals surface area contributed by atoms with Gasteiger partial charge in [0, 0.05) is 12.1 Å². The molecule has 0 aliphatic rings. The molecule has 0 saturated heterocycles. The van der Waals surface area contributed by atoms with Crippen molar-refractivity contribution in [1.82, 2.24) is 5.32 Å². The molecule has 0 atom stereocenters. The van der Waals surface area contributed by atoms with E-state index in [9.17, 15) is 0 Å². The standard InChI is InChI=1S/C14H20N2O/c1-14(2,11-15)8-9-17-13-7-5-4-6-12(13)10-16-3/h4-7,16H,8-10H2,1-3H3. The zero-order valence-corrected chi connectivity index (χ0v) is 10.8. The van der Waals surface area contributed by atoms with Crippen LogP contribution in [0.5, 0.6) is 5.75 Å².